The molecule has 4 rings (SSSR count). The first-order valence-corrected chi connectivity index (χ1v) is 11.1. The molecule has 152 valence electrons. The molecule has 0 aromatic heterocycles. The maximum Gasteiger partial charge on any atom is 0.246 e. The van der Waals surface area contributed by atoms with Crippen molar-refractivity contribution in [2.24, 2.45) is 0 Å². The monoisotopic (exact) mass is 407 g/mol. The van der Waals surface area contributed by atoms with Crippen molar-refractivity contribution in [2.75, 3.05) is 44.3 Å². The molecule has 3 aliphatic rings. The molecular formula is C19H25N3O5S. The Morgan fingerprint density at radius 2 is 1.75 bits per heavy atom. The zero-order valence-corrected chi connectivity index (χ0v) is 16.8. The minimum Gasteiger partial charge on any atom is -0.378 e. The van der Waals surface area contributed by atoms with Gasteiger partial charge >= 0.3 is 0 Å². The van der Waals surface area contributed by atoms with Gasteiger partial charge in [-0.05, 0) is 36.6 Å². The molecule has 8 nitrogen and oxygen atoms in total. The highest BCUT2D eigenvalue weighted by Gasteiger charge is 2.40. The van der Waals surface area contributed by atoms with E-state index in [2.05, 4.69) is 0 Å². The zero-order valence-electron chi connectivity index (χ0n) is 16.0. The van der Waals surface area contributed by atoms with Gasteiger partial charge in [0.25, 0.3) is 0 Å². The van der Waals surface area contributed by atoms with Crippen molar-refractivity contribution >= 4 is 27.5 Å². The Hall–Kier alpha value is -1.97. The molecule has 3 aliphatic heterocycles. The van der Waals surface area contributed by atoms with E-state index in [-0.39, 0.29) is 16.7 Å². The van der Waals surface area contributed by atoms with Gasteiger partial charge in [-0.2, -0.15) is 4.31 Å². The van der Waals surface area contributed by atoms with Crippen LogP contribution in [0.15, 0.2) is 23.1 Å². The lowest BCUT2D eigenvalue weighted by Gasteiger charge is -2.32. The van der Waals surface area contributed by atoms with Crippen LogP contribution in [0.3, 0.4) is 0 Å². The van der Waals surface area contributed by atoms with Gasteiger partial charge < -0.3 is 9.64 Å². The van der Waals surface area contributed by atoms with E-state index < -0.39 is 16.1 Å². The van der Waals surface area contributed by atoms with Gasteiger partial charge in [0.15, 0.2) is 0 Å². The number of rotatable bonds is 3. The summed E-state index contributed by atoms with van der Waals surface area (Å²) in [5, 5.41) is 0. The van der Waals surface area contributed by atoms with Crippen LogP contribution in [-0.4, -0.2) is 74.9 Å². The smallest absolute Gasteiger partial charge is 0.246 e. The van der Waals surface area contributed by atoms with E-state index in [1.807, 2.05) is 0 Å². The number of carbonyl (C=O) groups is 2. The second-order valence-electron chi connectivity index (χ2n) is 7.45. The van der Waals surface area contributed by atoms with Crippen LogP contribution in [0.4, 0.5) is 5.69 Å². The summed E-state index contributed by atoms with van der Waals surface area (Å²) in [6.07, 6.45) is 2.07. The number of sulfonamides is 1. The predicted octanol–water partition coefficient (Wildman–Crippen LogP) is 0.608. The van der Waals surface area contributed by atoms with Crippen LogP contribution in [-0.2, 0) is 30.8 Å². The van der Waals surface area contributed by atoms with Crippen molar-refractivity contribution in [3.8, 4) is 0 Å². The lowest BCUT2D eigenvalue weighted by Crippen LogP contribution is -2.52. The molecule has 2 saturated heterocycles. The van der Waals surface area contributed by atoms with Crippen molar-refractivity contribution in [3.63, 3.8) is 0 Å². The van der Waals surface area contributed by atoms with Gasteiger partial charge in [-0.25, -0.2) is 8.42 Å². The Morgan fingerprint density at radius 1 is 1.07 bits per heavy atom. The van der Waals surface area contributed by atoms with Crippen molar-refractivity contribution in [1.82, 2.24) is 9.21 Å². The van der Waals surface area contributed by atoms with Crippen LogP contribution in [0, 0.1) is 0 Å². The summed E-state index contributed by atoms with van der Waals surface area (Å²) in [5.74, 6) is -0.334. The summed E-state index contributed by atoms with van der Waals surface area (Å²) >= 11 is 0. The SMILES string of the molecule is CC(=O)N1c2ccc(S(=O)(=O)N3CCCC3)cc2CC1C(=O)N1CCOCC1. The number of hydrogen-bond donors (Lipinski definition) is 0. The second-order valence-corrected chi connectivity index (χ2v) is 9.39. The minimum atomic E-state index is -3.54. The second kappa shape index (κ2) is 7.46. The summed E-state index contributed by atoms with van der Waals surface area (Å²) < 4.78 is 32.5. The van der Waals surface area contributed by atoms with E-state index in [0.717, 1.165) is 18.4 Å². The summed E-state index contributed by atoms with van der Waals surface area (Å²) in [6, 6.07) is 4.21. The van der Waals surface area contributed by atoms with Crippen LogP contribution >= 0.6 is 0 Å². The Bertz CT molecular complexity index is 889. The van der Waals surface area contributed by atoms with Crippen molar-refractivity contribution in [1.29, 1.82) is 0 Å². The van der Waals surface area contributed by atoms with Crippen LogP contribution < -0.4 is 4.90 Å². The van der Waals surface area contributed by atoms with Gasteiger partial charge in [-0.15, -0.1) is 0 Å². The first kappa shape index (κ1) is 19.4. The fourth-order valence-electron chi connectivity index (χ4n) is 4.25. The lowest BCUT2D eigenvalue weighted by atomic mass is 10.1. The highest BCUT2D eigenvalue weighted by Crippen LogP contribution is 2.36. The van der Waals surface area contributed by atoms with E-state index >= 15 is 0 Å². The molecule has 1 atom stereocenters. The molecule has 3 heterocycles. The van der Waals surface area contributed by atoms with E-state index in [9.17, 15) is 18.0 Å². The van der Waals surface area contributed by atoms with Gasteiger partial charge in [0.2, 0.25) is 21.8 Å². The number of fused-ring (bicyclic) bond motifs is 1. The molecule has 9 heteroatoms. The number of nitrogens with zero attached hydrogens (tertiary/aromatic N) is 3. The lowest BCUT2D eigenvalue weighted by molar-refractivity contribution is -0.137. The Labute approximate surface area is 165 Å². The van der Waals surface area contributed by atoms with Gasteiger partial charge in [-0.3, -0.25) is 14.5 Å². The Balaban J connectivity index is 1.64. The summed E-state index contributed by atoms with van der Waals surface area (Å²) in [5.41, 5.74) is 1.35. The van der Waals surface area contributed by atoms with Crippen molar-refractivity contribution < 1.29 is 22.7 Å². The molecule has 2 amide bonds. The quantitative estimate of drug-likeness (QED) is 0.733. The van der Waals surface area contributed by atoms with E-state index in [1.54, 1.807) is 23.1 Å². The van der Waals surface area contributed by atoms with E-state index in [4.69, 9.17) is 4.74 Å². The number of anilines is 1. The van der Waals surface area contributed by atoms with Crippen molar-refractivity contribution in [2.45, 2.75) is 37.1 Å². The topological polar surface area (TPSA) is 87.2 Å². The molecule has 28 heavy (non-hydrogen) atoms. The summed E-state index contributed by atoms with van der Waals surface area (Å²) in [6.45, 7) is 4.50. The Morgan fingerprint density at radius 3 is 2.39 bits per heavy atom. The third kappa shape index (κ3) is 3.31. The fraction of sp³-hybridized carbons (Fsp3) is 0.579. The number of benzene rings is 1. The molecule has 0 N–H and O–H groups in total. The van der Waals surface area contributed by atoms with Gasteiger partial charge in [-0.1, -0.05) is 0 Å². The predicted molar refractivity (Wildman–Crippen MR) is 102 cm³/mol. The molecule has 1 aromatic carbocycles. The zero-order chi connectivity index (χ0) is 19.9. The molecule has 2 fully saturated rings. The number of amides is 2. The van der Waals surface area contributed by atoms with Crippen LogP contribution in [0.2, 0.25) is 0 Å². The third-order valence-corrected chi connectivity index (χ3v) is 7.58. The first-order valence-electron chi connectivity index (χ1n) is 9.69. The van der Waals surface area contributed by atoms with Crippen molar-refractivity contribution in [3.05, 3.63) is 23.8 Å². The van der Waals surface area contributed by atoms with Crippen LogP contribution in [0.25, 0.3) is 0 Å². The van der Waals surface area contributed by atoms with Gasteiger partial charge in [0.05, 0.1) is 18.1 Å². The Kier molecular flexibility index (Phi) is 5.15. The van der Waals surface area contributed by atoms with Crippen LogP contribution in [0.5, 0.6) is 0 Å². The molecule has 0 saturated carbocycles. The molecule has 1 aromatic rings. The normalized spacial score (nSPS) is 23.1. The third-order valence-electron chi connectivity index (χ3n) is 5.69. The fourth-order valence-corrected chi connectivity index (χ4v) is 5.82. The molecular weight excluding hydrogens is 382 g/mol. The molecule has 0 bridgehead atoms. The number of carbonyl (C=O) groups excluding carboxylic acids is 2. The average molecular weight is 407 g/mol. The minimum absolute atomic E-state index is 0.112. The summed E-state index contributed by atoms with van der Waals surface area (Å²) in [4.78, 5) is 28.8. The number of hydrogen-bond acceptors (Lipinski definition) is 5. The number of morpholine rings is 1. The standard InChI is InChI=1S/C19H25N3O5S/c1-14(23)22-17-5-4-16(28(25,26)21-6-2-3-7-21)12-15(17)13-18(22)19(24)20-8-10-27-11-9-20/h4-5,12,18H,2-3,6-11,13H2,1H3. The van der Waals surface area contributed by atoms with E-state index in [1.165, 1.54) is 16.1 Å². The highest BCUT2D eigenvalue weighted by molar-refractivity contribution is 7.89. The molecule has 0 radical (unpaired) electrons. The molecule has 0 aliphatic carbocycles. The highest BCUT2D eigenvalue weighted by atomic mass is 32.2. The average Bonchev–Trinajstić information content (AvgIpc) is 3.35. The molecule has 1 unspecified atom stereocenters. The van der Waals surface area contributed by atoms with Crippen LogP contribution in [0.1, 0.15) is 25.3 Å². The largest absolute Gasteiger partial charge is 0.378 e. The molecule has 0 spiro atoms. The summed E-state index contributed by atoms with van der Waals surface area (Å²) in [7, 11) is -3.54. The maximum atomic E-state index is 13.0. The number of ether oxygens (including phenoxy) is 1. The first-order chi connectivity index (χ1) is 13.4. The van der Waals surface area contributed by atoms with Gasteiger partial charge in [0.1, 0.15) is 6.04 Å². The maximum absolute atomic E-state index is 13.0. The van der Waals surface area contributed by atoms with E-state index in [0.29, 0.717) is 51.5 Å². The van der Waals surface area contributed by atoms with Gasteiger partial charge in [0, 0.05) is 45.2 Å².